The largest absolute Gasteiger partial charge is 0.480 e. The number of hydrogen-bond acceptors (Lipinski definition) is 4. The van der Waals surface area contributed by atoms with E-state index in [1.807, 2.05) is 11.8 Å². The number of thioether (sulfide) groups is 1. The van der Waals surface area contributed by atoms with Crippen molar-refractivity contribution in [2.45, 2.75) is 56.5 Å². The van der Waals surface area contributed by atoms with Crippen LogP contribution in [0, 0.1) is 5.92 Å². The zero-order chi connectivity index (χ0) is 13.7. The van der Waals surface area contributed by atoms with Gasteiger partial charge in [0.05, 0.1) is 0 Å². The van der Waals surface area contributed by atoms with Crippen LogP contribution in [-0.4, -0.2) is 45.9 Å². The Morgan fingerprint density at radius 1 is 1.32 bits per heavy atom. The van der Waals surface area contributed by atoms with E-state index in [2.05, 4.69) is 5.32 Å². The van der Waals surface area contributed by atoms with E-state index < -0.39 is 11.5 Å². The number of nitrogens with one attached hydrogen (secondary N) is 1. The van der Waals surface area contributed by atoms with Crippen molar-refractivity contribution >= 4 is 17.7 Å². The number of carboxylic acid groups (broad SMARTS) is 1. The lowest BCUT2D eigenvalue weighted by molar-refractivity contribution is -0.146. The second kappa shape index (κ2) is 6.95. The molecule has 2 atom stereocenters. The van der Waals surface area contributed by atoms with Gasteiger partial charge in [0.2, 0.25) is 0 Å². The Morgan fingerprint density at radius 2 is 2.11 bits per heavy atom. The molecule has 0 saturated heterocycles. The second-order valence-electron chi connectivity index (χ2n) is 5.76. The zero-order valence-corrected chi connectivity index (χ0v) is 12.3. The van der Waals surface area contributed by atoms with Gasteiger partial charge in [0.15, 0.2) is 0 Å². The molecule has 0 spiro atoms. The summed E-state index contributed by atoms with van der Waals surface area (Å²) in [5.74, 6) is 1.60. The van der Waals surface area contributed by atoms with Crippen molar-refractivity contribution in [2.75, 3.05) is 18.1 Å². The van der Waals surface area contributed by atoms with Gasteiger partial charge in [-0.05, 0) is 55.9 Å². The summed E-state index contributed by atoms with van der Waals surface area (Å²) in [6.07, 6.45) is 6.91. The standard InChI is InChI=1S/C14H25NO3S/c16-8-2-9-19-10-6-11-3-1-7-14(11,13(17)18)15-12-4-5-12/h11-12,15-16H,1-10H2,(H,17,18). The van der Waals surface area contributed by atoms with Gasteiger partial charge >= 0.3 is 5.97 Å². The summed E-state index contributed by atoms with van der Waals surface area (Å²) in [4.78, 5) is 11.7. The Hall–Kier alpha value is -0.260. The Labute approximate surface area is 119 Å². The van der Waals surface area contributed by atoms with E-state index in [9.17, 15) is 9.90 Å². The van der Waals surface area contributed by atoms with Crippen LogP contribution in [0.4, 0.5) is 0 Å². The molecule has 0 amide bonds. The van der Waals surface area contributed by atoms with Gasteiger partial charge in [-0.2, -0.15) is 11.8 Å². The molecule has 0 aromatic rings. The van der Waals surface area contributed by atoms with Crippen LogP contribution >= 0.6 is 11.8 Å². The highest BCUT2D eigenvalue weighted by Crippen LogP contribution is 2.41. The third kappa shape index (κ3) is 3.86. The normalized spacial score (nSPS) is 30.7. The Morgan fingerprint density at radius 3 is 2.74 bits per heavy atom. The van der Waals surface area contributed by atoms with Gasteiger partial charge in [0.25, 0.3) is 0 Å². The third-order valence-corrected chi connectivity index (χ3v) is 5.40. The predicted octanol–water partition coefficient (Wildman–Crippen LogP) is 1.87. The maximum absolute atomic E-state index is 11.7. The summed E-state index contributed by atoms with van der Waals surface area (Å²) in [5.41, 5.74) is -0.654. The van der Waals surface area contributed by atoms with Crippen LogP contribution in [0.25, 0.3) is 0 Å². The minimum Gasteiger partial charge on any atom is -0.480 e. The van der Waals surface area contributed by atoms with E-state index in [-0.39, 0.29) is 12.5 Å². The van der Waals surface area contributed by atoms with E-state index >= 15 is 0 Å². The summed E-state index contributed by atoms with van der Waals surface area (Å²) in [6, 6.07) is 0.443. The minimum atomic E-state index is -0.654. The fourth-order valence-electron chi connectivity index (χ4n) is 3.09. The van der Waals surface area contributed by atoms with Crippen LogP contribution in [0.5, 0.6) is 0 Å². The number of carbonyl (C=O) groups is 1. The van der Waals surface area contributed by atoms with E-state index in [0.717, 1.165) is 56.5 Å². The smallest absolute Gasteiger partial charge is 0.324 e. The van der Waals surface area contributed by atoms with E-state index in [1.165, 1.54) is 0 Å². The van der Waals surface area contributed by atoms with Crippen molar-refractivity contribution in [1.29, 1.82) is 0 Å². The maximum Gasteiger partial charge on any atom is 0.324 e. The number of aliphatic hydroxyl groups is 1. The molecule has 4 nitrogen and oxygen atoms in total. The van der Waals surface area contributed by atoms with Crippen LogP contribution in [-0.2, 0) is 4.79 Å². The maximum atomic E-state index is 11.7. The van der Waals surface area contributed by atoms with Crippen LogP contribution in [0.2, 0.25) is 0 Å². The first-order valence-electron chi connectivity index (χ1n) is 7.39. The van der Waals surface area contributed by atoms with Gasteiger partial charge in [-0.1, -0.05) is 6.42 Å². The highest BCUT2D eigenvalue weighted by Gasteiger charge is 2.50. The molecular formula is C14H25NO3S. The van der Waals surface area contributed by atoms with Gasteiger partial charge in [-0.3, -0.25) is 10.1 Å². The SMILES string of the molecule is O=C(O)C1(NC2CC2)CCCC1CCSCCCO. The predicted molar refractivity (Wildman–Crippen MR) is 77.5 cm³/mol. The number of carboxylic acids is 1. The number of aliphatic hydroxyl groups excluding tert-OH is 1. The van der Waals surface area contributed by atoms with Crippen LogP contribution in [0.1, 0.15) is 44.9 Å². The Balaban J connectivity index is 1.84. The molecule has 2 unspecified atom stereocenters. The molecule has 0 aromatic carbocycles. The van der Waals surface area contributed by atoms with Crippen molar-refractivity contribution in [3.05, 3.63) is 0 Å². The van der Waals surface area contributed by atoms with E-state index in [1.54, 1.807) is 0 Å². The van der Waals surface area contributed by atoms with Crippen LogP contribution in [0.15, 0.2) is 0 Å². The number of rotatable bonds is 9. The first-order chi connectivity index (χ1) is 9.19. The molecule has 2 aliphatic carbocycles. The lowest BCUT2D eigenvalue weighted by Gasteiger charge is -2.32. The van der Waals surface area contributed by atoms with Crippen molar-refractivity contribution in [1.82, 2.24) is 5.32 Å². The Bertz CT molecular complexity index is 309. The number of hydrogen-bond donors (Lipinski definition) is 3. The highest BCUT2D eigenvalue weighted by molar-refractivity contribution is 7.99. The molecule has 2 aliphatic rings. The average molecular weight is 287 g/mol. The van der Waals surface area contributed by atoms with Crippen molar-refractivity contribution in [2.24, 2.45) is 5.92 Å². The fourth-order valence-corrected chi connectivity index (χ4v) is 4.08. The molecule has 19 heavy (non-hydrogen) atoms. The second-order valence-corrected chi connectivity index (χ2v) is 6.99. The Kier molecular flexibility index (Phi) is 5.54. The molecule has 0 heterocycles. The quantitative estimate of drug-likeness (QED) is 0.565. The summed E-state index contributed by atoms with van der Waals surface area (Å²) in [7, 11) is 0. The third-order valence-electron chi connectivity index (χ3n) is 4.30. The lowest BCUT2D eigenvalue weighted by atomic mass is 9.85. The lowest BCUT2D eigenvalue weighted by Crippen LogP contribution is -2.55. The first-order valence-corrected chi connectivity index (χ1v) is 8.54. The molecule has 0 aromatic heterocycles. The molecule has 0 aliphatic heterocycles. The molecule has 110 valence electrons. The van der Waals surface area contributed by atoms with Crippen molar-refractivity contribution < 1.29 is 15.0 Å². The van der Waals surface area contributed by atoms with Crippen molar-refractivity contribution in [3.8, 4) is 0 Å². The molecule has 3 N–H and O–H groups in total. The first kappa shape index (κ1) is 15.1. The topological polar surface area (TPSA) is 69.6 Å². The monoisotopic (exact) mass is 287 g/mol. The van der Waals surface area contributed by atoms with Crippen molar-refractivity contribution in [3.63, 3.8) is 0 Å². The van der Waals surface area contributed by atoms with E-state index in [0.29, 0.717) is 6.04 Å². The zero-order valence-electron chi connectivity index (χ0n) is 11.4. The minimum absolute atomic E-state index is 0.249. The average Bonchev–Trinajstić information content (AvgIpc) is 3.09. The summed E-state index contributed by atoms with van der Waals surface area (Å²) < 4.78 is 0. The molecule has 2 fully saturated rings. The molecular weight excluding hydrogens is 262 g/mol. The van der Waals surface area contributed by atoms with E-state index in [4.69, 9.17) is 5.11 Å². The molecule has 0 radical (unpaired) electrons. The highest BCUT2D eigenvalue weighted by atomic mass is 32.2. The van der Waals surface area contributed by atoms with Gasteiger partial charge in [0, 0.05) is 12.6 Å². The summed E-state index contributed by atoms with van der Waals surface area (Å²) >= 11 is 1.83. The summed E-state index contributed by atoms with van der Waals surface area (Å²) in [6.45, 7) is 0.249. The number of aliphatic carboxylic acids is 1. The van der Waals surface area contributed by atoms with Gasteiger partial charge in [-0.15, -0.1) is 0 Å². The molecule has 0 bridgehead atoms. The fraction of sp³-hybridized carbons (Fsp3) is 0.929. The molecule has 5 heteroatoms. The van der Waals surface area contributed by atoms with Gasteiger partial charge < -0.3 is 10.2 Å². The van der Waals surface area contributed by atoms with Gasteiger partial charge in [-0.25, -0.2) is 0 Å². The van der Waals surface area contributed by atoms with Crippen LogP contribution in [0.3, 0.4) is 0 Å². The molecule has 2 saturated carbocycles. The molecule has 2 rings (SSSR count). The summed E-state index contributed by atoms with van der Waals surface area (Å²) in [5, 5.41) is 21.8. The van der Waals surface area contributed by atoms with Crippen LogP contribution < -0.4 is 5.32 Å². The van der Waals surface area contributed by atoms with Gasteiger partial charge in [0.1, 0.15) is 5.54 Å².